The van der Waals surface area contributed by atoms with Crippen molar-refractivity contribution in [2.24, 2.45) is 0 Å². The molecule has 0 N–H and O–H groups in total. The summed E-state index contributed by atoms with van der Waals surface area (Å²) in [6.45, 7) is 5.70. The average Bonchev–Trinajstić information content (AvgIpc) is 2.76. The highest BCUT2D eigenvalue weighted by Crippen LogP contribution is 2.42. The van der Waals surface area contributed by atoms with Gasteiger partial charge < -0.3 is 9.22 Å². The first-order valence-electron chi connectivity index (χ1n) is 10.5. The first kappa shape index (κ1) is 22.2. The fourth-order valence-electron chi connectivity index (χ4n) is 4.84. The largest absolute Gasteiger partial charge is 0.529 e. The van der Waals surface area contributed by atoms with Crippen LogP contribution in [0.2, 0.25) is 0 Å². The molecule has 0 aromatic heterocycles. The normalized spacial score (nSPS) is 25.9. The molecule has 5 heteroatoms. The Bertz CT molecular complexity index is 874. The Labute approximate surface area is 180 Å². The van der Waals surface area contributed by atoms with Crippen LogP contribution in [-0.2, 0) is 16.0 Å². The second-order valence-electron chi connectivity index (χ2n) is 8.62. The van der Waals surface area contributed by atoms with Gasteiger partial charge in [0.05, 0.1) is 46.5 Å². The molecule has 1 atom stereocenters. The van der Waals surface area contributed by atoms with E-state index in [4.69, 9.17) is 11.8 Å². The van der Waals surface area contributed by atoms with Gasteiger partial charge in [-0.15, -0.1) is 4.48 Å². The van der Waals surface area contributed by atoms with Gasteiger partial charge >= 0.3 is 12.0 Å². The predicted octanol–water partition coefficient (Wildman–Crippen LogP) is 4.59. The summed E-state index contributed by atoms with van der Waals surface area (Å²) in [4.78, 5) is 26.2. The van der Waals surface area contributed by atoms with E-state index in [2.05, 4.69) is 12.1 Å². The summed E-state index contributed by atoms with van der Waals surface area (Å²) in [5.41, 5.74) is 1.27. The van der Waals surface area contributed by atoms with Crippen LogP contribution in [0.3, 0.4) is 0 Å². The Balaban J connectivity index is 1.87. The van der Waals surface area contributed by atoms with Crippen molar-refractivity contribution in [2.75, 3.05) is 26.7 Å². The van der Waals surface area contributed by atoms with Gasteiger partial charge in [0.15, 0.2) is 5.69 Å². The molecule has 30 heavy (non-hydrogen) atoms. The summed E-state index contributed by atoms with van der Waals surface area (Å²) in [5, 5.41) is 0. The van der Waals surface area contributed by atoms with Crippen LogP contribution in [0.1, 0.15) is 32.3 Å². The van der Waals surface area contributed by atoms with Gasteiger partial charge in [-0.25, -0.2) is 4.79 Å². The molecule has 1 heterocycles. The number of piperidine rings is 1. The van der Waals surface area contributed by atoms with E-state index in [1.54, 1.807) is 0 Å². The first-order chi connectivity index (χ1) is 14.3. The second kappa shape index (κ2) is 8.70. The second-order valence-corrected chi connectivity index (χ2v) is 8.62. The number of methoxy groups -OCH3 is 1. The van der Waals surface area contributed by atoms with Gasteiger partial charge in [0.25, 0.3) is 0 Å². The molecular formula is C25H32N2O3+2. The molecule has 2 aromatic rings. The lowest BCUT2D eigenvalue weighted by Gasteiger charge is -2.50. The third kappa shape index (κ3) is 3.92. The van der Waals surface area contributed by atoms with Gasteiger partial charge in [0.1, 0.15) is 5.54 Å². The number of carbonyl (C=O) groups excluding carboxylic acids is 2. The fourth-order valence-corrected chi connectivity index (χ4v) is 4.84. The summed E-state index contributed by atoms with van der Waals surface area (Å²) in [5.74, 6) is -0.239. The van der Waals surface area contributed by atoms with E-state index in [0.717, 1.165) is 13.0 Å². The van der Waals surface area contributed by atoms with Gasteiger partial charge in [-0.05, 0) is 12.5 Å². The highest BCUT2D eigenvalue weighted by atomic mass is 16.5. The molecule has 0 spiro atoms. The molecule has 3 rings (SSSR count). The Morgan fingerprint density at radius 3 is 2.07 bits per heavy atom. The summed E-state index contributed by atoms with van der Waals surface area (Å²) in [6.07, 6.45) is 1.64. The number of ether oxygens (including phenoxy) is 1. The van der Waals surface area contributed by atoms with Gasteiger partial charge in [0.2, 0.25) is 7.05 Å². The minimum atomic E-state index is -0.631. The Kier molecular flexibility index (Phi) is 6.44. The zero-order valence-corrected chi connectivity index (χ0v) is 18.2. The molecule has 1 aliphatic heterocycles. The molecule has 1 saturated heterocycles. The number of hydrogen-bond acceptors (Lipinski definition) is 3. The molecule has 158 valence electrons. The molecule has 0 aliphatic carbocycles. The lowest BCUT2D eigenvalue weighted by Crippen LogP contribution is -2.73. The Hall–Kier alpha value is -2.50. The zero-order valence-electron chi connectivity index (χ0n) is 18.2. The SMILES string of the molecule is [CH][N+]1(CCc2ccccc2)CCC(C)([N+](C(C)=O)(C(=O)OC)c2ccccc2)CC1. The maximum atomic E-state index is 13.1. The van der Waals surface area contributed by atoms with Crippen molar-refractivity contribution >= 4 is 17.7 Å². The molecule has 2 amide bonds. The van der Waals surface area contributed by atoms with E-state index in [0.29, 0.717) is 36.1 Å². The molecule has 0 bridgehead atoms. The number of imide groups is 1. The predicted molar refractivity (Wildman–Crippen MR) is 118 cm³/mol. The van der Waals surface area contributed by atoms with E-state index in [1.165, 1.54) is 19.6 Å². The molecule has 1 fully saturated rings. The number of likely N-dealkylation sites (tertiary alicyclic amines) is 1. The van der Waals surface area contributed by atoms with E-state index in [1.807, 2.05) is 55.5 Å². The van der Waals surface area contributed by atoms with Crippen molar-refractivity contribution in [2.45, 2.75) is 38.6 Å². The van der Waals surface area contributed by atoms with E-state index >= 15 is 0 Å². The third-order valence-electron chi connectivity index (χ3n) is 6.75. The van der Waals surface area contributed by atoms with E-state index in [-0.39, 0.29) is 5.91 Å². The maximum absolute atomic E-state index is 13.1. The standard InChI is InChI=1S/C25H32N2O3/c1-21(28)27(24(29)30-4,23-13-9-6-10-14-23)25(2)16-19-26(3,20-17-25)18-15-22-11-7-5-8-12-22/h3,5-14H,15-20H2,1-2,4H3/q+2. The summed E-state index contributed by atoms with van der Waals surface area (Å²) >= 11 is 0. The van der Waals surface area contributed by atoms with Crippen LogP contribution in [0.4, 0.5) is 10.5 Å². The van der Waals surface area contributed by atoms with Crippen LogP contribution < -0.4 is 4.48 Å². The molecular weight excluding hydrogens is 376 g/mol. The fraction of sp³-hybridized carbons (Fsp3) is 0.400. The highest BCUT2D eigenvalue weighted by Gasteiger charge is 2.62. The van der Waals surface area contributed by atoms with Crippen LogP contribution in [-0.4, -0.2) is 48.8 Å². The molecule has 1 aliphatic rings. The van der Waals surface area contributed by atoms with Crippen molar-refractivity contribution in [1.82, 2.24) is 4.48 Å². The summed E-state index contributed by atoms with van der Waals surface area (Å²) < 4.78 is 5.18. The number of rotatable bonds is 5. The number of para-hydroxylation sites is 1. The quantitative estimate of drug-likeness (QED) is 0.680. The Morgan fingerprint density at radius 1 is 1.03 bits per heavy atom. The van der Waals surface area contributed by atoms with Gasteiger partial charge in [0, 0.05) is 18.6 Å². The number of carbonyl (C=O) groups is 2. The van der Waals surface area contributed by atoms with Crippen molar-refractivity contribution in [3.05, 3.63) is 73.3 Å². The highest BCUT2D eigenvalue weighted by molar-refractivity contribution is 6.06. The smallest absolute Gasteiger partial charge is 0.423 e. The molecule has 1 unspecified atom stereocenters. The van der Waals surface area contributed by atoms with Crippen molar-refractivity contribution < 1.29 is 18.8 Å². The lowest BCUT2D eigenvalue weighted by molar-refractivity contribution is -0.892. The molecule has 0 saturated carbocycles. The molecule has 2 aromatic carbocycles. The number of benzene rings is 2. The minimum absolute atomic E-state index is 0.239. The summed E-state index contributed by atoms with van der Waals surface area (Å²) in [7, 11) is 8.07. The number of nitrogens with zero attached hydrogens (tertiary/aromatic N) is 2. The van der Waals surface area contributed by atoms with E-state index in [9.17, 15) is 9.59 Å². The van der Waals surface area contributed by atoms with Crippen LogP contribution in [0.15, 0.2) is 60.7 Å². The minimum Gasteiger partial charge on any atom is -0.423 e. The lowest BCUT2D eigenvalue weighted by atomic mass is 9.83. The molecule has 2 radical (unpaired) electrons. The average molecular weight is 409 g/mol. The number of quaternary nitrogens is 2. The van der Waals surface area contributed by atoms with Crippen molar-refractivity contribution in [3.8, 4) is 0 Å². The summed E-state index contributed by atoms with van der Waals surface area (Å²) in [6, 6.07) is 19.6. The van der Waals surface area contributed by atoms with Crippen LogP contribution in [0.25, 0.3) is 0 Å². The van der Waals surface area contributed by atoms with Crippen molar-refractivity contribution in [1.29, 1.82) is 0 Å². The maximum Gasteiger partial charge on any atom is 0.529 e. The van der Waals surface area contributed by atoms with Gasteiger partial charge in [-0.3, -0.25) is 0 Å². The van der Waals surface area contributed by atoms with Crippen LogP contribution >= 0.6 is 0 Å². The van der Waals surface area contributed by atoms with Gasteiger partial charge in [-0.2, -0.15) is 4.79 Å². The number of amides is 2. The topological polar surface area (TPSA) is 43.4 Å². The number of hydrogen-bond donors (Lipinski definition) is 0. The third-order valence-corrected chi connectivity index (χ3v) is 6.75. The van der Waals surface area contributed by atoms with Gasteiger partial charge in [-0.1, -0.05) is 48.5 Å². The Morgan fingerprint density at radius 2 is 1.57 bits per heavy atom. The monoisotopic (exact) mass is 408 g/mol. The zero-order chi connectivity index (χ0) is 21.8. The van der Waals surface area contributed by atoms with Crippen molar-refractivity contribution in [3.63, 3.8) is 0 Å². The molecule has 5 nitrogen and oxygen atoms in total. The van der Waals surface area contributed by atoms with Crippen LogP contribution in [0, 0.1) is 7.05 Å². The van der Waals surface area contributed by atoms with E-state index < -0.39 is 16.1 Å². The van der Waals surface area contributed by atoms with Crippen LogP contribution in [0.5, 0.6) is 0 Å². The first-order valence-corrected chi connectivity index (χ1v) is 10.5.